The summed E-state index contributed by atoms with van der Waals surface area (Å²) in [4.78, 5) is 0. The van der Waals surface area contributed by atoms with E-state index in [0.717, 1.165) is 32.5 Å². The highest BCUT2D eigenvalue weighted by atomic mass is 16.8. The van der Waals surface area contributed by atoms with Crippen LogP contribution >= 0.6 is 0 Å². The predicted molar refractivity (Wildman–Crippen MR) is 56.1 cm³/mol. The van der Waals surface area contributed by atoms with E-state index in [4.69, 9.17) is 18.9 Å². The van der Waals surface area contributed by atoms with Crippen LogP contribution in [-0.2, 0) is 18.9 Å². The summed E-state index contributed by atoms with van der Waals surface area (Å²) in [6.45, 7) is 3.27. The van der Waals surface area contributed by atoms with Crippen molar-refractivity contribution in [2.75, 3.05) is 33.0 Å². The maximum Gasteiger partial charge on any atom is 0.181 e. The molecule has 0 saturated carbocycles. The van der Waals surface area contributed by atoms with Gasteiger partial charge in [-0.1, -0.05) is 0 Å². The smallest absolute Gasteiger partial charge is 0.181 e. The molecule has 2 heterocycles. The van der Waals surface area contributed by atoms with E-state index in [9.17, 15) is 5.11 Å². The maximum atomic E-state index is 9.57. The Morgan fingerprint density at radius 2 is 2.06 bits per heavy atom. The molecule has 3 unspecified atom stereocenters. The van der Waals surface area contributed by atoms with Crippen LogP contribution in [0.5, 0.6) is 0 Å². The van der Waals surface area contributed by atoms with Crippen molar-refractivity contribution in [3.63, 3.8) is 0 Å². The number of aliphatic hydroxyl groups is 1. The molecule has 5 heteroatoms. The van der Waals surface area contributed by atoms with Crippen LogP contribution in [-0.4, -0.2) is 56.6 Å². The number of unbranched alkanes of at least 4 members (excludes halogenated alkanes) is 1. The third-order valence-electron chi connectivity index (χ3n) is 2.55. The molecule has 0 aromatic carbocycles. The van der Waals surface area contributed by atoms with E-state index in [2.05, 4.69) is 0 Å². The number of aliphatic hydroxyl groups excluding tert-OH is 1. The fourth-order valence-corrected chi connectivity index (χ4v) is 1.42. The van der Waals surface area contributed by atoms with Gasteiger partial charge in [0, 0.05) is 6.61 Å². The minimum Gasteiger partial charge on any atom is -0.391 e. The zero-order valence-electron chi connectivity index (χ0n) is 9.47. The van der Waals surface area contributed by atoms with Gasteiger partial charge in [-0.2, -0.15) is 0 Å². The van der Waals surface area contributed by atoms with E-state index in [1.165, 1.54) is 0 Å². The van der Waals surface area contributed by atoms with E-state index >= 15 is 0 Å². The molecule has 2 aliphatic heterocycles. The van der Waals surface area contributed by atoms with Crippen molar-refractivity contribution < 1.29 is 24.1 Å². The number of hydrogen-bond acceptors (Lipinski definition) is 5. The lowest BCUT2D eigenvalue weighted by Gasteiger charge is -2.10. The zero-order chi connectivity index (χ0) is 11.2. The SMILES string of the molecule is OC(CCCCOC1CO1)COCC1CO1. The molecular weight excluding hydrogens is 212 g/mol. The Hall–Kier alpha value is -0.200. The van der Waals surface area contributed by atoms with Gasteiger partial charge in [-0.25, -0.2) is 0 Å². The summed E-state index contributed by atoms with van der Waals surface area (Å²) in [7, 11) is 0. The van der Waals surface area contributed by atoms with Crippen molar-refractivity contribution in [3.8, 4) is 0 Å². The third kappa shape index (κ3) is 5.77. The summed E-state index contributed by atoms with van der Waals surface area (Å²) in [6, 6.07) is 0. The van der Waals surface area contributed by atoms with Crippen LogP contribution in [0, 0.1) is 0 Å². The van der Waals surface area contributed by atoms with Gasteiger partial charge in [-0.3, -0.25) is 0 Å². The van der Waals surface area contributed by atoms with Crippen LogP contribution in [0.1, 0.15) is 19.3 Å². The third-order valence-corrected chi connectivity index (χ3v) is 2.55. The first-order valence-electron chi connectivity index (χ1n) is 5.95. The topological polar surface area (TPSA) is 63.8 Å². The first kappa shape index (κ1) is 12.3. The molecule has 0 bridgehead atoms. The number of epoxide rings is 2. The minimum absolute atomic E-state index is 0.0480. The van der Waals surface area contributed by atoms with Crippen LogP contribution in [0.25, 0.3) is 0 Å². The van der Waals surface area contributed by atoms with Crippen molar-refractivity contribution in [2.24, 2.45) is 0 Å². The Bertz CT molecular complexity index is 191. The molecule has 16 heavy (non-hydrogen) atoms. The van der Waals surface area contributed by atoms with Gasteiger partial charge in [0.25, 0.3) is 0 Å². The van der Waals surface area contributed by atoms with Crippen LogP contribution in [0.15, 0.2) is 0 Å². The van der Waals surface area contributed by atoms with Gasteiger partial charge in [0.2, 0.25) is 0 Å². The summed E-state index contributed by atoms with van der Waals surface area (Å²) in [5, 5.41) is 9.57. The molecule has 0 amide bonds. The Balaban J connectivity index is 1.33. The van der Waals surface area contributed by atoms with Crippen molar-refractivity contribution in [2.45, 2.75) is 37.8 Å². The fraction of sp³-hybridized carbons (Fsp3) is 1.00. The molecule has 2 fully saturated rings. The highest BCUT2D eigenvalue weighted by molar-refractivity contribution is 4.67. The molecule has 2 rings (SSSR count). The van der Waals surface area contributed by atoms with Gasteiger partial charge in [0.15, 0.2) is 6.29 Å². The molecule has 3 atom stereocenters. The fourth-order valence-electron chi connectivity index (χ4n) is 1.42. The number of hydrogen-bond donors (Lipinski definition) is 1. The minimum atomic E-state index is -0.365. The van der Waals surface area contributed by atoms with Crippen molar-refractivity contribution in [1.29, 1.82) is 0 Å². The monoisotopic (exact) mass is 232 g/mol. The Morgan fingerprint density at radius 1 is 1.25 bits per heavy atom. The molecule has 5 nitrogen and oxygen atoms in total. The van der Waals surface area contributed by atoms with Crippen molar-refractivity contribution in [1.82, 2.24) is 0 Å². The van der Waals surface area contributed by atoms with E-state index < -0.39 is 0 Å². The van der Waals surface area contributed by atoms with Gasteiger partial charge in [-0.05, 0) is 19.3 Å². The maximum absolute atomic E-state index is 9.57. The summed E-state index contributed by atoms with van der Waals surface area (Å²) in [6.07, 6.45) is 2.64. The Kier molecular flexibility index (Phi) is 4.99. The molecule has 94 valence electrons. The highest BCUT2D eigenvalue weighted by Gasteiger charge is 2.23. The second-order valence-electron chi connectivity index (χ2n) is 4.28. The lowest BCUT2D eigenvalue weighted by atomic mass is 10.2. The molecule has 1 N–H and O–H groups in total. The summed E-state index contributed by atoms with van der Waals surface area (Å²) >= 11 is 0. The van der Waals surface area contributed by atoms with E-state index in [0.29, 0.717) is 19.8 Å². The lowest BCUT2D eigenvalue weighted by Crippen LogP contribution is -2.17. The Labute approximate surface area is 95.6 Å². The molecule has 0 aromatic rings. The largest absolute Gasteiger partial charge is 0.391 e. The van der Waals surface area contributed by atoms with E-state index in [1.807, 2.05) is 0 Å². The van der Waals surface area contributed by atoms with Gasteiger partial charge in [0.1, 0.15) is 12.7 Å². The van der Waals surface area contributed by atoms with Crippen LogP contribution in [0.4, 0.5) is 0 Å². The van der Waals surface area contributed by atoms with Crippen LogP contribution in [0.3, 0.4) is 0 Å². The second-order valence-corrected chi connectivity index (χ2v) is 4.28. The number of ether oxygens (including phenoxy) is 4. The van der Waals surface area contributed by atoms with Gasteiger partial charge >= 0.3 is 0 Å². The zero-order valence-corrected chi connectivity index (χ0v) is 9.47. The molecular formula is C11H20O5. The van der Waals surface area contributed by atoms with Gasteiger partial charge < -0.3 is 24.1 Å². The second kappa shape index (κ2) is 6.51. The average molecular weight is 232 g/mol. The summed E-state index contributed by atoms with van der Waals surface area (Å²) in [5.41, 5.74) is 0. The van der Waals surface area contributed by atoms with Gasteiger partial charge in [0.05, 0.1) is 25.9 Å². The van der Waals surface area contributed by atoms with Gasteiger partial charge in [-0.15, -0.1) is 0 Å². The first-order valence-corrected chi connectivity index (χ1v) is 5.95. The van der Waals surface area contributed by atoms with Crippen LogP contribution < -0.4 is 0 Å². The molecule has 0 radical (unpaired) electrons. The summed E-state index contributed by atoms with van der Waals surface area (Å²) < 4.78 is 20.5. The molecule has 0 spiro atoms. The van der Waals surface area contributed by atoms with E-state index in [1.54, 1.807) is 0 Å². The average Bonchev–Trinajstić information content (AvgIpc) is 3.12. The normalized spacial score (nSPS) is 29.1. The van der Waals surface area contributed by atoms with E-state index in [-0.39, 0.29) is 18.5 Å². The first-order chi connectivity index (χ1) is 7.84. The molecule has 0 aliphatic carbocycles. The van der Waals surface area contributed by atoms with Crippen molar-refractivity contribution >= 4 is 0 Å². The molecule has 2 aliphatic rings. The Morgan fingerprint density at radius 3 is 2.75 bits per heavy atom. The predicted octanol–water partition coefficient (Wildman–Crippen LogP) is 0.306. The molecule has 2 saturated heterocycles. The van der Waals surface area contributed by atoms with Crippen LogP contribution in [0.2, 0.25) is 0 Å². The quantitative estimate of drug-likeness (QED) is 0.434. The highest BCUT2D eigenvalue weighted by Crippen LogP contribution is 2.12. The standard InChI is InChI=1S/C11H20O5/c12-9(5-13-6-10-7-15-10)3-1-2-4-14-11-8-16-11/h9-12H,1-8H2. The summed E-state index contributed by atoms with van der Waals surface area (Å²) in [5.74, 6) is 0. The number of rotatable bonds is 10. The molecule has 0 aromatic heterocycles. The lowest BCUT2D eigenvalue weighted by molar-refractivity contribution is 0.0207. The van der Waals surface area contributed by atoms with Crippen molar-refractivity contribution in [3.05, 3.63) is 0 Å².